The van der Waals surface area contributed by atoms with Gasteiger partial charge in [-0.1, -0.05) is 18.2 Å². The first-order valence-corrected chi connectivity index (χ1v) is 9.08. The average Bonchev–Trinajstić information content (AvgIpc) is 2.64. The SMILES string of the molecule is CCNC(=NCCCCNc1ccccn1)N(C)Cc1cccc(F)c1.I. The number of aromatic nitrogens is 1. The second kappa shape index (κ2) is 13.3. The Morgan fingerprint density at radius 3 is 2.74 bits per heavy atom. The summed E-state index contributed by atoms with van der Waals surface area (Å²) in [7, 11) is 1.97. The Morgan fingerprint density at radius 2 is 2.04 bits per heavy atom. The molecule has 0 atom stereocenters. The van der Waals surface area contributed by atoms with Crippen LogP contribution in [0.25, 0.3) is 0 Å². The molecule has 1 heterocycles. The van der Waals surface area contributed by atoms with Gasteiger partial charge < -0.3 is 15.5 Å². The van der Waals surface area contributed by atoms with Crippen molar-refractivity contribution in [1.82, 2.24) is 15.2 Å². The van der Waals surface area contributed by atoms with E-state index in [1.165, 1.54) is 6.07 Å². The number of unbranched alkanes of at least 4 members (excludes halogenated alkanes) is 1. The Labute approximate surface area is 178 Å². The van der Waals surface area contributed by atoms with E-state index in [1.54, 1.807) is 18.3 Å². The largest absolute Gasteiger partial charge is 0.370 e. The molecule has 0 radical (unpaired) electrons. The summed E-state index contributed by atoms with van der Waals surface area (Å²) >= 11 is 0. The second-order valence-corrected chi connectivity index (χ2v) is 6.07. The topological polar surface area (TPSA) is 52.6 Å². The van der Waals surface area contributed by atoms with Gasteiger partial charge in [0.1, 0.15) is 11.6 Å². The van der Waals surface area contributed by atoms with Crippen LogP contribution >= 0.6 is 24.0 Å². The van der Waals surface area contributed by atoms with Gasteiger partial charge >= 0.3 is 0 Å². The molecule has 0 unspecified atom stereocenters. The van der Waals surface area contributed by atoms with Crippen LogP contribution in [0.2, 0.25) is 0 Å². The average molecular weight is 485 g/mol. The van der Waals surface area contributed by atoms with E-state index in [2.05, 4.69) is 20.6 Å². The van der Waals surface area contributed by atoms with E-state index in [4.69, 9.17) is 0 Å². The molecule has 2 N–H and O–H groups in total. The summed E-state index contributed by atoms with van der Waals surface area (Å²) in [6.07, 6.45) is 3.79. The van der Waals surface area contributed by atoms with Crippen LogP contribution in [-0.4, -0.2) is 42.5 Å². The lowest BCUT2D eigenvalue weighted by molar-refractivity contribution is 0.474. The molecule has 0 saturated heterocycles. The van der Waals surface area contributed by atoms with Crippen molar-refractivity contribution in [2.75, 3.05) is 32.0 Å². The highest BCUT2D eigenvalue weighted by Gasteiger charge is 2.06. The summed E-state index contributed by atoms with van der Waals surface area (Å²) in [6.45, 7) is 5.09. The Hall–Kier alpha value is -1.90. The fourth-order valence-corrected chi connectivity index (χ4v) is 2.56. The third-order valence-electron chi connectivity index (χ3n) is 3.82. The maximum Gasteiger partial charge on any atom is 0.193 e. The van der Waals surface area contributed by atoms with Crippen molar-refractivity contribution >= 4 is 35.8 Å². The third kappa shape index (κ3) is 9.03. The number of nitrogens with zero attached hydrogens (tertiary/aromatic N) is 3. The summed E-state index contributed by atoms with van der Waals surface area (Å²) in [5.74, 6) is 1.53. The van der Waals surface area contributed by atoms with E-state index >= 15 is 0 Å². The van der Waals surface area contributed by atoms with Gasteiger partial charge in [-0.05, 0) is 49.6 Å². The summed E-state index contributed by atoms with van der Waals surface area (Å²) in [5, 5.41) is 6.59. The van der Waals surface area contributed by atoms with Crippen molar-refractivity contribution in [1.29, 1.82) is 0 Å². The molecule has 0 aliphatic carbocycles. The van der Waals surface area contributed by atoms with Crippen molar-refractivity contribution in [2.45, 2.75) is 26.3 Å². The summed E-state index contributed by atoms with van der Waals surface area (Å²) in [5.41, 5.74) is 0.928. The first-order valence-electron chi connectivity index (χ1n) is 9.08. The van der Waals surface area contributed by atoms with E-state index in [9.17, 15) is 4.39 Å². The van der Waals surface area contributed by atoms with E-state index < -0.39 is 0 Å². The summed E-state index contributed by atoms with van der Waals surface area (Å²) in [6, 6.07) is 12.5. The van der Waals surface area contributed by atoms with Gasteiger partial charge in [-0.3, -0.25) is 4.99 Å². The van der Waals surface area contributed by atoms with Crippen molar-refractivity contribution in [3.8, 4) is 0 Å². The molecule has 27 heavy (non-hydrogen) atoms. The highest BCUT2D eigenvalue weighted by atomic mass is 127. The van der Waals surface area contributed by atoms with Crippen molar-refractivity contribution < 1.29 is 4.39 Å². The van der Waals surface area contributed by atoms with Crippen molar-refractivity contribution in [2.24, 2.45) is 4.99 Å². The van der Waals surface area contributed by atoms with Crippen LogP contribution in [-0.2, 0) is 6.54 Å². The first kappa shape index (κ1) is 23.1. The number of hydrogen-bond donors (Lipinski definition) is 2. The Bertz CT molecular complexity index is 681. The van der Waals surface area contributed by atoms with Gasteiger partial charge in [0.15, 0.2) is 5.96 Å². The van der Waals surface area contributed by atoms with Crippen LogP contribution in [0.15, 0.2) is 53.7 Å². The summed E-state index contributed by atoms with van der Waals surface area (Å²) < 4.78 is 13.3. The van der Waals surface area contributed by atoms with E-state index in [0.717, 1.165) is 49.8 Å². The maximum atomic E-state index is 13.3. The molecule has 7 heteroatoms. The molecule has 0 aliphatic rings. The van der Waals surface area contributed by atoms with Crippen molar-refractivity contribution in [3.05, 3.63) is 60.0 Å². The lowest BCUT2D eigenvalue weighted by Crippen LogP contribution is -2.38. The number of anilines is 1. The Kier molecular flexibility index (Phi) is 11.4. The second-order valence-electron chi connectivity index (χ2n) is 6.07. The lowest BCUT2D eigenvalue weighted by atomic mass is 10.2. The normalized spacial score (nSPS) is 10.9. The molecule has 0 bridgehead atoms. The number of nitrogens with one attached hydrogen (secondary N) is 2. The molecule has 0 fully saturated rings. The van der Waals surface area contributed by atoms with Crippen LogP contribution in [0.5, 0.6) is 0 Å². The van der Waals surface area contributed by atoms with Crippen LogP contribution in [0.3, 0.4) is 0 Å². The zero-order valence-electron chi connectivity index (χ0n) is 16.0. The molecule has 2 aromatic rings. The molecule has 2 rings (SSSR count). The van der Waals surface area contributed by atoms with Crippen LogP contribution < -0.4 is 10.6 Å². The monoisotopic (exact) mass is 485 g/mol. The summed E-state index contributed by atoms with van der Waals surface area (Å²) in [4.78, 5) is 10.9. The minimum absolute atomic E-state index is 0. The number of hydrogen-bond acceptors (Lipinski definition) is 3. The number of pyridine rings is 1. The van der Waals surface area contributed by atoms with Gasteiger partial charge in [0.25, 0.3) is 0 Å². The molecular formula is C20H29FIN5. The number of rotatable bonds is 9. The van der Waals surface area contributed by atoms with Crippen LogP contribution in [0.4, 0.5) is 10.2 Å². The molecule has 1 aromatic carbocycles. The standard InChI is InChI=1S/C20H28FN5.HI/c1-3-22-20(26(2)16-17-9-8-10-18(21)15-17)25-14-7-6-13-24-19-11-4-5-12-23-19;/h4-5,8-12,15H,3,6-7,13-14,16H2,1-2H3,(H,22,25)(H,23,24);1H. The fraction of sp³-hybridized carbons (Fsp3) is 0.400. The zero-order valence-corrected chi connectivity index (χ0v) is 18.3. The Morgan fingerprint density at radius 1 is 1.19 bits per heavy atom. The molecule has 148 valence electrons. The van der Waals surface area contributed by atoms with Crippen molar-refractivity contribution in [3.63, 3.8) is 0 Å². The van der Waals surface area contributed by atoms with Gasteiger partial charge in [-0.25, -0.2) is 9.37 Å². The maximum absolute atomic E-state index is 13.3. The molecule has 0 saturated carbocycles. The quantitative estimate of drug-likeness (QED) is 0.243. The van der Waals surface area contributed by atoms with Gasteiger partial charge in [-0.2, -0.15) is 0 Å². The highest BCUT2D eigenvalue weighted by Crippen LogP contribution is 2.07. The number of guanidine groups is 1. The molecular weight excluding hydrogens is 456 g/mol. The van der Waals surface area contributed by atoms with E-state index in [1.807, 2.05) is 43.1 Å². The van der Waals surface area contributed by atoms with E-state index in [0.29, 0.717) is 6.54 Å². The first-order chi connectivity index (χ1) is 12.7. The molecule has 0 spiro atoms. The van der Waals surface area contributed by atoms with Gasteiger partial charge in [0.05, 0.1) is 0 Å². The minimum Gasteiger partial charge on any atom is -0.370 e. The Balaban J connectivity index is 0.00000364. The molecule has 5 nitrogen and oxygen atoms in total. The zero-order chi connectivity index (χ0) is 18.6. The van der Waals surface area contributed by atoms with E-state index in [-0.39, 0.29) is 29.8 Å². The van der Waals surface area contributed by atoms with Crippen LogP contribution in [0, 0.1) is 5.82 Å². The molecule has 0 aliphatic heterocycles. The smallest absolute Gasteiger partial charge is 0.193 e. The molecule has 0 amide bonds. The molecule has 1 aromatic heterocycles. The number of aliphatic imine (C=N–C) groups is 1. The van der Waals surface area contributed by atoms with Gasteiger partial charge in [0, 0.05) is 39.4 Å². The number of benzene rings is 1. The third-order valence-corrected chi connectivity index (χ3v) is 3.82. The van der Waals surface area contributed by atoms with Gasteiger partial charge in [0.2, 0.25) is 0 Å². The number of halogens is 2. The fourth-order valence-electron chi connectivity index (χ4n) is 2.56. The minimum atomic E-state index is -0.210. The van der Waals surface area contributed by atoms with Gasteiger partial charge in [-0.15, -0.1) is 24.0 Å². The highest BCUT2D eigenvalue weighted by molar-refractivity contribution is 14.0. The predicted octanol–water partition coefficient (Wildman–Crippen LogP) is 4.13. The lowest BCUT2D eigenvalue weighted by Gasteiger charge is -2.22. The van der Waals surface area contributed by atoms with Crippen LogP contribution in [0.1, 0.15) is 25.3 Å². The predicted molar refractivity (Wildman–Crippen MR) is 121 cm³/mol.